The van der Waals surface area contributed by atoms with Crippen molar-refractivity contribution in [2.45, 2.75) is 19.3 Å². The fraction of sp³-hybridized carbons (Fsp3) is 0.375. The van der Waals surface area contributed by atoms with Gasteiger partial charge in [-0.2, -0.15) is 5.10 Å². The average molecular weight is 355 g/mol. The maximum atomic E-state index is 12.4. The van der Waals surface area contributed by atoms with Crippen LogP contribution in [0, 0.1) is 11.8 Å². The van der Waals surface area contributed by atoms with E-state index < -0.39 is 0 Å². The van der Waals surface area contributed by atoms with Crippen LogP contribution in [0.3, 0.4) is 0 Å². The van der Waals surface area contributed by atoms with Gasteiger partial charge in [-0.25, -0.2) is 4.68 Å². The van der Waals surface area contributed by atoms with E-state index in [1.165, 1.54) is 0 Å². The monoisotopic (exact) mass is 354 g/mol. The minimum Gasteiger partial charge on any atom is -0.330 e. The first-order valence-corrected chi connectivity index (χ1v) is 7.87. The quantitative estimate of drug-likeness (QED) is 0.884. The lowest BCUT2D eigenvalue weighted by atomic mass is 9.95. The summed E-state index contributed by atoms with van der Waals surface area (Å²) in [7, 11) is 0. The molecule has 3 N–H and O–H groups in total. The van der Waals surface area contributed by atoms with Gasteiger partial charge in [0.1, 0.15) is 0 Å². The van der Waals surface area contributed by atoms with E-state index >= 15 is 0 Å². The van der Waals surface area contributed by atoms with E-state index in [0.717, 1.165) is 24.9 Å². The largest absolute Gasteiger partial charge is 0.330 e. The second kappa shape index (κ2) is 7.81. The van der Waals surface area contributed by atoms with Crippen LogP contribution in [0.25, 0.3) is 5.69 Å². The van der Waals surface area contributed by atoms with Crippen molar-refractivity contribution in [3.63, 3.8) is 0 Å². The number of amides is 1. The third kappa shape index (κ3) is 3.86. The van der Waals surface area contributed by atoms with E-state index in [4.69, 9.17) is 17.3 Å². The first kappa shape index (κ1) is 17.8. The highest BCUT2D eigenvalue weighted by Crippen LogP contribution is 2.32. The number of halogens is 2. The molecule has 0 unspecified atom stereocenters. The average Bonchev–Trinajstić information content (AvgIpc) is 3.18. The molecule has 1 aliphatic carbocycles. The van der Waals surface area contributed by atoms with Crippen LogP contribution in [0.2, 0.25) is 5.02 Å². The Bertz CT molecular complexity index is 660. The number of anilines is 1. The van der Waals surface area contributed by atoms with Gasteiger partial charge in [-0.15, -0.1) is 12.4 Å². The van der Waals surface area contributed by atoms with Gasteiger partial charge in [0, 0.05) is 24.0 Å². The zero-order valence-electron chi connectivity index (χ0n) is 12.6. The van der Waals surface area contributed by atoms with E-state index in [1.807, 2.05) is 24.4 Å². The van der Waals surface area contributed by atoms with Crippen molar-refractivity contribution in [2.75, 3.05) is 11.9 Å². The molecule has 1 saturated carbocycles. The molecule has 2 aromatic rings. The molecule has 1 fully saturated rings. The van der Waals surface area contributed by atoms with E-state index in [0.29, 0.717) is 23.2 Å². The van der Waals surface area contributed by atoms with E-state index in [9.17, 15) is 4.79 Å². The number of hydrogen-bond donors (Lipinski definition) is 2. The molecular weight excluding hydrogens is 335 g/mol. The summed E-state index contributed by atoms with van der Waals surface area (Å²) in [5, 5.41) is 7.65. The van der Waals surface area contributed by atoms with Crippen LogP contribution in [0.4, 0.5) is 5.69 Å². The summed E-state index contributed by atoms with van der Waals surface area (Å²) < 4.78 is 1.69. The first-order chi connectivity index (χ1) is 10.7. The molecule has 0 radical (unpaired) electrons. The molecule has 0 aliphatic heterocycles. The SMILES string of the molecule is Cl.NC[C@H]1CCC[C@H]1C(=O)Nc1ccc(-n2cccn2)c(Cl)c1. The molecule has 0 spiro atoms. The predicted molar refractivity (Wildman–Crippen MR) is 94.3 cm³/mol. The van der Waals surface area contributed by atoms with Crippen molar-refractivity contribution in [1.82, 2.24) is 9.78 Å². The third-order valence-electron chi connectivity index (χ3n) is 4.27. The Hall–Kier alpha value is -1.56. The lowest BCUT2D eigenvalue weighted by molar-refractivity contribution is -0.120. The number of carbonyl (C=O) groups excluding carboxylic acids is 1. The Morgan fingerprint density at radius 3 is 2.91 bits per heavy atom. The number of rotatable bonds is 4. The van der Waals surface area contributed by atoms with Crippen molar-refractivity contribution in [3.05, 3.63) is 41.7 Å². The molecule has 1 heterocycles. The number of carbonyl (C=O) groups is 1. The van der Waals surface area contributed by atoms with Gasteiger partial charge in [-0.3, -0.25) is 4.79 Å². The number of nitrogens with one attached hydrogen (secondary N) is 1. The fourth-order valence-corrected chi connectivity index (χ4v) is 3.35. The first-order valence-electron chi connectivity index (χ1n) is 7.49. The van der Waals surface area contributed by atoms with Crippen LogP contribution in [0.15, 0.2) is 36.7 Å². The highest BCUT2D eigenvalue weighted by Gasteiger charge is 2.31. The van der Waals surface area contributed by atoms with Gasteiger partial charge in [0.05, 0.1) is 10.7 Å². The Balaban J connectivity index is 0.00000192. The number of benzene rings is 1. The van der Waals surface area contributed by atoms with Crippen LogP contribution in [0.5, 0.6) is 0 Å². The lowest BCUT2D eigenvalue weighted by Crippen LogP contribution is -2.29. The van der Waals surface area contributed by atoms with Crippen LogP contribution in [-0.2, 0) is 4.79 Å². The molecule has 1 aromatic carbocycles. The highest BCUT2D eigenvalue weighted by atomic mass is 35.5. The van der Waals surface area contributed by atoms with Crippen molar-refractivity contribution in [2.24, 2.45) is 17.6 Å². The summed E-state index contributed by atoms with van der Waals surface area (Å²) in [6.07, 6.45) is 6.53. The Labute approximate surface area is 146 Å². The predicted octanol–water partition coefficient (Wildman–Crippen LogP) is 3.26. The highest BCUT2D eigenvalue weighted by molar-refractivity contribution is 6.32. The third-order valence-corrected chi connectivity index (χ3v) is 4.57. The second-order valence-electron chi connectivity index (χ2n) is 5.64. The summed E-state index contributed by atoms with van der Waals surface area (Å²) in [5.74, 6) is 0.337. The molecular formula is C16H20Cl2N4O. The Kier molecular flexibility index (Phi) is 6.04. The van der Waals surface area contributed by atoms with Crippen molar-refractivity contribution in [3.8, 4) is 5.69 Å². The zero-order chi connectivity index (χ0) is 15.5. The van der Waals surface area contributed by atoms with Gasteiger partial charge >= 0.3 is 0 Å². The van der Waals surface area contributed by atoms with Gasteiger partial charge in [0.25, 0.3) is 0 Å². The van der Waals surface area contributed by atoms with Crippen molar-refractivity contribution >= 4 is 35.6 Å². The van der Waals surface area contributed by atoms with Gasteiger partial charge < -0.3 is 11.1 Å². The van der Waals surface area contributed by atoms with Gasteiger partial charge in [0.15, 0.2) is 0 Å². The molecule has 2 atom stereocenters. The Morgan fingerprint density at radius 2 is 2.26 bits per heavy atom. The van der Waals surface area contributed by atoms with Gasteiger partial charge in [-0.1, -0.05) is 18.0 Å². The number of hydrogen-bond acceptors (Lipinski definition) is 3. The molecule has 7 heteroatoms. The zero-order valence-corrected chi connectivity index (χ0v) is 14.2. The van der Waals surface area contributed by atoms with E-state index in [-0.39, 0.29) is 24.2 Å². The van der Waals surface area contributed by atoms with Crippen LogP contribution < -0.4 is 11.1 Å². The summed E-state index contributed by atoms with van der Waals surface area (Å²) in [4.78, 5) is 12.4. The number of nitrogens with two attached hydrogens (primary N) is 1. The van der Waals surface area contributed by atoms with E-state index in [2.05, 4.69) is 10.4 Å². The fourth-order valence-electron chi connectivity index (χ4n) is 3.08. The topological polar surface area (TPSA) is 72.9 Å². The molecule has 0 saturated heterocycles. The van der Waals surface area contributed by atoms with Crippen LogP contribution in [0.1, 0.15) is 19.3 Å². The van der Waals surface area contributed by atoms with Crippen LogP contribution in [-0.4, -0.2) is 22.2 Å². The molecule has 1 aromatic heterocycles. The molecule has 124 valence electrons. The maximum absolute atomic E-state index is 12.4. The normalized spacial score (nSPS) is 20.1. The van der Waals surface area contributed by atoms with Crippen molar-refractivity contribution in [1.29, 1.82) is 0 Å². The summed E-state index contributed by atoms with van der Waals surface area (Å²) in [6.45, 7) is 0.567. The molecule has 5 nitrogen and oxygen atoms in total. The minimum absolute atomic E-state index is 0. The summed E-state index contributed by atoms with van der Waals surface area (Å²) >= 11 is 6.29. The Morgan fingerprint density at radius 1 is 1.43 bits per heavy atom. The number of aromatic nitrogens is 2. The van der Waals surface area contributed by atoms with Gasteiger partial charge in [0.2, 0.25) is 5.91 Å². The van der Waals surface area contributed by atoms with Gasteiger partial charge in [-0.05, 0) is 49.6 Å². The van der Waals surface area contributed by atoms with Crippen LogP contribution >= 0.6 is 24.0 Å². The second-order valence-corrected chi connectivity index (χ2v) is 6.05. The minimum atomic E-state index is 0. The van der Waals surface area contributed by atoms with Crippen molar-refractivity contribution < 1.29 is 4.79 Å². The molecule has 1 amide bonds. The molecule has 3 rings (SSSR count). The standard InChI is InChI=1S/C16H19ClN4O.ClH/c17-14-9-12(5-6-15(14)21-8-2-7-19-21)20-16(22)13-4-1-3-11(13)10-18;/h2,5-9,11,13H,1,3-4,10,18H2,(H,20,22);1H/t11-,13-;/m1./s1. The summed E-state index contributed by atoms with van der Waals surface area (Å²) in [5.41, 5.74) is 7.23. The number of nitrogens with zero attached hydrogens (tertiary/aromatic N) is 2. The molecule has 1 aliphatic rings. The lowest BCUT2D eigenvalue weighted by Gasteiger charge is -2.17. The summed E-state index contributed by atoms with van der Waals surface area (Å²) in [6, 6.07) is 7.27. The molecule has 0 bridgehead atoms. The maximum Gasteiger partial charge on any atom is 0.227 e. The molecule has 23 heavy (non-hydrogen) atoms. The smallest absolute Gasteiger partial charge is 0.227 e. The van der Waals surface area contributed by atoms with E-state index in [1.54, 1.807) is 16.9 Å².